The number of ether oxygens (including phenoxy) is 2. The van der Waals surface area contributed by atoms with Gasteiger partial charge in [-0.3, -0.25) is 4.79 Å². The first-order valence-electron chi connectivity index (χ1n) is 13.6. The topological polar surface area (TPSA) is 157 Å². The highest BCUT2D eigenvalue weighted by atomic mass is 16.5. The minimum absolute atomic E-state index is 0.0993. The Kier molecular flexibility index (Phi) is 11.6. The summed E-state index contributed by atoms with van der Waals surface area (Å²) < 4.78 is 11.9. The summed E-state index contributed by atoms with van der Waals surface area (Å²) in [6, 6.07) is 6.76. The molecule has 0 unspecified atom stereocenters. The summed E-state index contributed by atoms with van der Waals surface area (Å²) in [5, 5.41) is 32.5. The van der Waals surface area contributed by atoms with Gasteiger partial charge in [-0.15, -0.1) is 0 Å². The van der Waals surface area contributed by atoms with Crippen molar-refractivity contribution >= 4 is 23.9 Å². The third-order valence-electron chi connectivity index (χ3n) is 7.44. The first-order chi connectivity index (χ1) is 18.7. The molecule has 11 nitrogen and oxygen atoms in total. The lowest BCUT2D eigenvalue weighted by molar-refractivity contribution is -0.165. The molecule has 0 aromatic heterocycles. The first-order valence-corrected chi connectivity index (χ1v) is 13.6. The normalized spacial score (nSPS) is 20.3. The number of carbonyl (C=O) groups is 3. The number of aliphatic carboxylic acids is 2. The molecule has 1 aromatic carbocycles. The smallest absolute Gasteiger partial charge is 0.335 e. The zero-order chi connectivity index (χ0) is 28.4. The maximum absolute atomic E-state index is 12.3. The summed E-state index contributed by atoms with van der Waals surface area (Å²) in [5.74, 6) is -1.90. The number of methoxy groups -OCH3 is 1. The van der Waals surface area contributed by atoms with Gasteiger partial charge in [0.25, 0.3) is 0 Å². The minimum Gasteiger partial charge on any atom is -0.493 e. The van der Waals surface area contributed by atoms with Crippen molar-refractivity contribution in [1.82, 2.24) is 9.80 Å². The molecule has 4 N–H and O–H groups in total. The van der Waals surface area contributed by atoms with E-state index in [0.717, 1.165) is 75.0 Å². The largest absolute Gasteiger partial charge is 0.493 e. The van der Waals surface area contributed by atoms with E-state index in [1.54, 1.807) is 13.2 Å². The minimum atomic E-state index is -2.27. The fourth-order valence-corrected chi connectivity index (χ4v) is 4.83. The van der Waals surface area contributed by atoms with Gasteiger partial charge in [0.1, 0.15) is 6.10 Å². The molecule has 0 spiro atoms. The van der Waals surface area contributed by atoms with Crippen LogP contribution < -0.4 is 9.47 Å². The van der Waals surface area contributed by atoms with Crippen LogP contribution in [0, 0.1) is 0 Å². The third-order valence-corrected chi connectivity index (χ3v) is 7.44. The summed E-state index contributed by atoms with van der Waals surface area (Å²) in [7, 11) is 1.67. The Morgan fingerprint density at radius 2 is 1.49 bits per heavy atom. The Morgan fingerprint density at radius 3 is 2.00 bits per heavy atom. The number of aliphatic hydroxyl groups is 2. The van der Waals surface area contributed by atoms with Crippen molar-refractivity contribution in [2.24, 2.45) is 0 Å². The molecule has 2 atom stereocenters. The molecule has 1 saturated carbocycles. The van der Waals surface area contributed by atoms with Crippen LogP contribution in [0.1, 0.15) is 56.9 Å². The quantitative estimate of drug-likeness (QED) is 0.337. The van der Waals surface area contributed by atoms with Gasteiger partial charge in [0.2, 0.25) is 5.91 Å². The van der Waals surface area contributed by atoms with Crippen LogP contribution in [-0.2, 0) is 14.4 Å². The van der Waals surface area contributed by atoms with E-state index in [2.05, 4.69) is 4.90 Å². The van der Waals surface area contributed by atoms with Crippen LogP contribution in [0.4, 0.5) is 0 Å². The number of amides is 1. The van der Waals surface area contributed by atoms with Gasteiger partial charge in [-0.25, -0.2) is 9.59 Å². The lowest BCUT2D eigenvalue weighted by Crippen LogP contribution is -2.46. The second kappa shape index (κ2) is 14.9. The van der Waals surface area contributed by atoms with Crippen molar-refractivity contribution in [3.05, 3.63) is 29.8 Å². The number of carboxylic acids is 2. The predicted molar refractivity (Wildman–Crippen MR) is 143 cm³/mol. The van der Waals surface area contributed by atoms with E-state index in [4.69, 9.17) is 29.9 Å². The Labute approximate surface area is 228 Å². The molecule has 4 rings (SSSR count). The Bertz CT molecular complexity index is 979. The molecule has 2 saturated heterocycles. The van der Waals surface area contributed by atoms with Crippen molar-refractivity contribution in [1.29, 1.82) is 0 Å². The zero-order valence-electron chi connectivity index (χ0n) is 22.4. The number of likely N-dealkylation sites (tertiary alicyclic amines) is 2. The molecule has 3 aliphatic rings. The summed E-state index contributed by atoms with van der Waals surface area (Å²) in [6.45, 7) is 4.02. The molecule has 39 heavy (non-hydrogen) atoms. The summed E-state index contributed by atoms with van der Waals surface area (Å²) in [4.78, 5) is 36.4. The summed E-state index contributed by atoms with van der Waals surface area (Å²) >= 11 is 0. The fourth-order valence-electron chi connectivity index (χ4n) is 4.83. The van der Waals surface area contributed by atoms with Crippen molar-refractivity contribution in [2.45, 2.75) is 75.7 Å². The predicted octanol–water partition coefficient (Wildman–Crippen LogP) is 1.99. The molecular formula is C28H40N2O9. The average Bonchev–Trinajstić information content (AvgIpc) is 2.92. The van der Waals surface area contributed by atoms with Crippen LogP contribution in [0.2, 0.25) is 0 Å². The van der Waals surface area contributed by atoms with E-state index >= 15 is 0 Å². The Hall–Kier alpha value is -3.15. The number of piperidine rings is 2. The molecule has 2 aliphatic heterocycles. The second-order valence-electron chi connectivity index (χ2n) is 10.1. The number of hydrogen-bond acceptors (Lipinski definition) is 8. The van der Waals surface area contributed by atoms with Gasteiger partial charge in [-0.05, 0) is 68.7 Å². The maximum atomic E-state index is 12.3. The number of hydrogen-bond donors (Lipinski definition) is 4. The first kappa shape index (κ1) is 30.4. The van der Waals surface area contributed by atoms with Gasteiger partial charge in [0.05, 0.1) is 7.11 Å². The van der Waals surface area contributed by atoms with Gasteiger partial charge >= 0.3 is 11.9 Å². The molecule has 3 fully saturated rings. The number of carbonyl (C=O) groups excluding carboxylic acids is 1. The molecule has 2 heterocycles. The van der Waals surface area contributed by atoms with Crippen molar-refractivity contribution in [3.8, 4) is 11.5 Å². The molecule has 1 aliphatic carbocycles. The van der Waals surface area contributed by atoms with Crippen molar-refractivity contribution in [3.63, 3.8) is 0 Å². The lowest BCUT2D eigenvalue weighted by Gasteiger charge is -2.41. The van der Waals surface area contributed by atoms with Gasteiger partial charge < -0.3 is 39.7 Å². The Morgan fingerprint density at radius 1 is 0.872 bits per heavy atom. The number of aliphatic hydroxyl groups excluding tert-OH is 2. The van der Waals surface area contributed by atoms with Crippen LogP contribution in [0.5, 0.6) is 11.5 Å². The van der Waals surface area contributed by atoms with Gasteiger partial charge in [0.15, 0.2) is 23.7 Å². The van der Waals surface area contributed by atoms with E-state index in [-0.39, 0.29) is 12.0 Å². The summed E-state index contributed by atoms with van der Waals surface area (Å²) in [5.41, 5.74) is 0.958. The summed E-state index contributed by atoms with van der Waals surface area (Å²) in [6.07, 6.45) is 9.00. The monoisotopic (exact) mass is 548 g/mol. The van der Waals surface area contributed by atoms with E-state index < -0.39 is 24.1 Å². The lowest BCUT2D eigenvalue weighted by atomic mass is 9.90. The maximum Gasteiger partial charge on any atom is 0.335 e. The molecular weight excluding hydrogens is 508 g/mol. The number of carboxylic acid groups (broad SMARTS) is 2. The van der Waals surface area contributed by atoms with Gasteiger partial charge in [0, 0.05) is 38.3 Å². The van der Waals surface area contributed by atoms with Crippen LogP contribution in [-0.4, -0.2) is 106 Å². The SMILES string of the molecule is COc1cc(/C=C/C(=O)N2CCCCC2)ccc1OC1CCN(C2CCC2)CC1.O=C(O)[C@H](O)[C@@H](O)C(=O)O. The van der Waals surface area contributed by atoms with Crippen LogP contribution in [0.25, 0.3) is 6.08 Å². The highest BCUT2D eigenvalue weighted by molar-refractivity contribution is 5.92. The highest BCUT2D eigenvalue weighted by Crippen LogP contribution is 2.33. The van der Waals surface area contributed by atoms with Crippen LogP contribution >= 0.6 is 0 Å². The van der Waals surface area contributed by atoms with Crippen LogP contribution in [0.3, 0.4) is 0 Å². The van der Waals surface area contributed by atoms with E-state index in [9.17, 15) is 14.4 Å². The standard InChI is InChI=1S/C24H34N2O3.C4H6O6/c1-28-23-18-19(9-11-24(27)26-14-3-2-4-15-26)8-10-22(23)29-21-12-16-25(17-13-21)20-6-5-7-20;5-1(3(7)8)2(6)4(9)10/h8-11,18,20-21H,2-7,12-17H2,1H3;1-2,5-6H,(H,7,8)(H,9,10)/b11-9+;/t;1-,2-/m.1/s1. The molecule has 1 aromatic rings. The number of rotatable bonds is 9. The molecule has 216 valence electrons. The number of benzene rings is 1. The number of nitrogens with zero attached hydrogens (tertiary/aromatic N) is 2. The van der Waals surface area contributed by atoms with E-state index in [1.165, 1.54) is 25.7 Å². The van der Waals surface area contributed by atoms with Crippen LogP contribution in [0.15, 0.2) is 24.3 Å². The molecule has 0 radical (unpaired) electrons. The van der Waals surface area contributed by atoms with Crippen molar-refractivity contribution in [2.75, 3.05) is 33.3 Å². The fraction of sp³-hybridized carbons (Fsp3) is 0.607. The molecule has 1 amide bonds. The van der Waals surface area contributed by atoms with Gasteiger partial charge in [-0.2, -0.15) is 0 Å². The molecule has 0 bridgehead atoms. The zero-order valence-corrected chi connectivity index (χ0v) is 22.4. The van der Waals surface area contributed by atoms with E-state index in [1.807, 2.05) is 29.2 Å². The molecule has 11 heteroatoms. The highest BCUT2D eigenvalue weighted by Gasteiger charge is 2.30. The Balaban J connectivity index is 0.000000360. The third kappa shape index (κ3) is 8.94. The van der Waals surface area contributed by atoms with Crippen molar-refractivity contribution < 1.29 is 44.3 Å². The van der Waals surface area contributed by atoms with E-state index in [0.29, 0.717) is 0 Å². The second-order valence-corrected chi connectivity index (χ2v) is 10.1. The van der Waals surface area contributed by atoms with Gasteiger partial charge in [-0.1, -0.05) is 12.5 Å². The average molecular weight is 549 g/mol.